The molecule has 1 N–H and O–H groups in total. The highest BCUT2D eigenvalue weighted by atomic mass is 16.4. The lowest BCUT2D eigenvalue weighted by molar-refractivity contribution is -0.136. The third-order valence-electron chi connectivity index (χ3n) is 2.70. The van der Waals surface area contributed by atoms with Gasteiger partial charge in [-0.05, 0) is 12.8 Å². The van der Waals surface area contributed by atoms with E-state index in [-0.39, 0.29) is 18.9 Å². The van der Waals surface area contributed by atoms with Gasteiger partial charge in [-0.3, -0.25) is 9.59 Å². The van der Waals surface area contributed by atoms with E-state index in [9.17, 15) is 9.59 Å². The van der Waals surface area contributed by atoms with Crippen LogP contribution in [-0.4, -0.2) is 50.0 Å². The number of carbonyl (C=O) groups excluding carboxylic acids is 1. The van der Waals surface area contributed by atoms with Crippen LogP contribution in [0.1, 0.15) is 18.5 Å². The van der Waals surface area contributed by atoms with Gasteiger partial charge < -0.3 is 10.0 Å². The Bertz CT molecular complexity index is 439. The minimum atomic E-state index is -0.960. The van der Waals surface area contributed by atoms with Crippen LogP contribution in [-0.2, 0) is 22.6 Å². The van der Waals surface area contributed by atoms with Crippen LogP contribution < -0.4 is 0 Å². The molecule has 1 aromatic rings. The molecule has 2 rings (SSSR count). The summed E-state index contributed by atoms with van der Waals surface area (Å²) in [4.78, 5) is 23.9. The Morgan fingerprint density at radius 3 is 2.88 bits per heavy atom. The Balaban J connectivity index is 1.91. The molecule has 0 radical (unpaired) electrons. The van der Waals surface area contributed by atoms with Crippen molar-refractivity contribution in [3.8, 4) is 0 Å². The van der Waals surface area contributed by atoms with E-state index in [0.29, 0.717) is 11.7 Å². The number of aliphatic carboxylic acids is 1. The van der Waals surface area contributed by atoms with E-state index in [0.717, 1.165) is 12.8 Å². The van der Waals surface area contributed by atoms with E-state index in [2.05, 4.69) is 10.3 Å². The van der Waals surface area contributed by atoms with E-state index in [1.165, 1.54) is 10.9 Å². The Morgan fingerprint density at radius 2 is 2.29 bits per heavy atom. The second-order valence-electron chi connectivity index (χ2n) is 4.21. The summed E-state index contributed by atoms with van der Waals surface area (Å²) >= 11 is 0. The van der Waals surface area contributed by atoms with Crippen molar-refractivity contribution in [1.82, 2.24) is 19.9 Å². The van der Waals surface area contributed by atoms with Crippen molar-refractivity contribution >= 4 is 11.9 Å². The van der Waals surface area contributed by atoms with Crippen LogP contribution in [0.25, 0.3) is 0 Å². The van der Waals surface area contributed by atoms with Crippen molar-refractivity contribution in [2.45, 2.75) is 31.8 Å². The molecule has 92 valence electrons. The minimum absolute atomic E-state index is 0.0284. The number of amides is 1. The van der Waals surface area contributed by atoms with Crippen molar-refractivity contribution in [1.29, 1.82) is 0 Å². The molecule has 0 aliphatic heterocycles. The lowest BCUT2D eigenvalue weighted by Crippen LogP contribution is -2.32. The molecular weight excluding hydrogens is 224 g/mol. The van der Waals surface area contributed by atoms with E-state index >= 15 is 0 Å². The van der Waals surface area contributed by atoms with Gasteiger partial charge in [0.15, 0.2) is 0 Å². The number of nitrogens with zero attached hydrogens (tertiary/aromatic N) is 4. The van der Waals surface area contributed by atoms with Gasteiger partial charge in [0, 0.05) is 19.3 Å². The largest absolute Gasteiger partial charge is 0.481 e. The molecule has 0 unspecified atom stereocenters. The molecule has 1 fully saturated rings. The maximum Gasteiger partial charge on any atom is 0.309 e. The standard InChI is InChI=1S/C10H14N4O3/c1-13(8-2-3-8)9(15)6-14-5-7(11-12-14)4-10(16)17/h5,8H,2-4,6H2,1H3,(H,16,17). The van der Waals surface area contributed by atoms with Gasteiger partial charge in [0.25, 0.3) is 0 Å². The summed E-state index contributed by atoms with van der Waals surface area (Å²) in [6.07, 6.45) is 3.44. The molecule has 0 saturated heterocycles. The summed E-state index contributed by atoms with van der Waals surface area (Å²) in [6, 6.07) is 0.365. The van der Waals surface area contributed by atoms with E-state index in [1.807, 2.05) is 0 Å². The first kappa shape index (κ1) is 11.6. The fourth-order valence-corrected chi connectivity index (χ4v) is 1.57. The molecule has 0 atom stereocenters. The van der Waals surface area contributed by atoms with Crippen LogP contribution in [0, 0.1) is 0 Å². The minimum Gasteiger partial charge on any atom is -0.481 e. The average molecular weight is 238 g/mol. The molecule has 1 saturated carbocycles. The van der Waals surface area contributed by atoms with Crippen LogP contribution in [0.2, 0.25) is 0 Å². The third-order valence-corrected chi connectivity index (χ3v) is 2.70. The van der Waals surface area contributed by atoms with Crippen LogP contribution in [0.4, 0.5) is 0 Å². The summed E-state index contributed by atoms with van der Waals surface area (Å²) in [5, 5.41) is 16.0. The number of carboxylic acid groups (broad SMARTS) is 1. The van der Waals surface area contributed by atoms with E-state index in [4.69, 9.17) is 5.11 Å². The Kier molecular flexibility index (Phi) is 3.08. The molecule has 0 spiro atoms. The smallest absolute Gasteiger partial charge is 0.309 e. The summed E-state index contributed by atoms with van der Waals surface area (Å²) < 4.78 is 1.37. The fraction of sp³-hybridized carbons (Fsp3) is 0.600. The van der Waals surface area contributed by atoms with Crippen LogP contribution in [0.3, 0.4) is 0 Å². The number of carboxylic acids is 1. The normalized spacial score (nSPS) is 14.6. The molecule has 1 aliphatic rings. The molecule has 17 heavy (non-hydrogen) atoms. The van der Waals surface area contributed by atoms with Crippen LogP contribution in [0.5, 0.6) is 0 Å². The Labute approximate surface area is 98.0 Å². The number of aromatic nitrogens is 3. The van der Waals surface area contributed by atoms with E-state index < -0.39 is 5.97 Å². The van der Waals surface area contributed by atoms with Gasteiger partial charge in [-0.1, -0.05) is 5.21 Å². The Hall–Kier alpha value is -1.92. The maximum atomic E-state index is 11.7. The zero-order valence-electron chi connectivity index (χ0n) is 9.54. The van der Waals surface area contributed by atoms with Crippen LogP contribution in [0.15, 0.2) is 6.20 Å². The lowest BCUT2D eigenvalue weighted by Gasteiger charge is -2.15. The van der Waals surface area contributed by atoms with Gasteiger partial charge in [0.2, 0.25) is 5.91 Å². The molecule has 1 aliphatic carbocycles. The SMILES string of the molecule is CN(C(=O)Cn1cc(CC(=O)O)nn1)C1CC1. The van der Waals surface area contributed by atoms with Gasteiger partial charge in [0.1, 0.15) is 6.54 Å². The first-order valence-electron chi connectivity index (χ1n) is 5.42. The van der Waals surface area contributed by atoms with Crippen molar-refractivity contribution in [2.24, 2.45) is 0 Å². The molecular formula is C10H14N4O3. The van der Waals surface area contributed by atoms with Gasteiger partial charge in [-0.2, -0.15) is 0 Å². The average Bonchev–Trinajstić information content (AvgIpc) is 3.01. The van der Waals surface area contributed by atoms with Gasteiger partial charge in [0.05, 0.1) is 12.1 Å². The van der Waals surface area contributed by atoms with Crippen LogP contribution >= 0.6 is 0 Å². The van der Waals surface area contributed by atoms with E-state index in [1.54, 1.807) is 11.9 Å². The number of rotatable bonds is 5. The predicted molar refractivity (Wildman–Crippen MR) is 57.2 cm³/mol. The Morgan fingerprint density at radius 1 is 1.59 bits per heavy atom. The molecule has 7 nitrogen and oxygen atoms in total. The van der Waals surface area contributed by atoms with Crippen molar-refractivity contribution in [3.05, 3.63) is 11.9 Å². The first-order chi connectivity index (χ1) is 8.06. The molecule has 0 bridgehead atoms. The topological polar surface area (TPSA) is 88.3 Å². The summed E-state index contributed by atoms with van der Waals surface area (Å²) in [5.74, 6) is -0.988. The summed E-state index contributed by atoms with van der Waals surface area (Å²) in [5.41, 5.74) is 0.361. The summed E-state index contributed by atoms with van der Waals surface area (Å²) in [6.45, 7) is 0.111. The second-order valence-corrected chi connectivity index (χ2v) is 4.21. The highest BCUT2D eigenvalue weighted by Gasteiger charge is 2.29. The molecule has 1 heterocycles. The van der Waals surface area contributed by atoms with Crippen molar-refractivity contribution in [2.75, 3.05) is 7.05 Å². The predicted octanol–water partition coefficient (Wildman–Crippen LogP) is -0.474. The maximum absolute atomic E-state index is 11.7. The van der Waals surface area contributed by atoms with Crippen molar-refractivity contribution < 1.29 is 14.7 Å². The molecule has 1 aromatic heterocycles. The number of hydrogen-bond acceptors (Lipinski definition) is 4. The molecule has 7 heteroatoms. The number of carbonyl (C=O) groups is 2. The highest BCUT2D eigenvalue weighted by molar-refractivity contribution is 5.76. The van der Waals surface area contributed by atoms with Crippen molar-refractivity contribution in [3.63, 3.8) is 0 Å². The quantitative estimate of drug-likeness (QED) is 0.749. The lowest BCUT2D eigenvalue weighted by atomic mass is 10.3. The summed E-state index contributed by atoms with van der Waals surface area (Å²) in [7, 11) is 1.77. The highest BCUT2D eigenvalue weighted by Crippen LogP contribution is 2.25. The third kappa shape index (κ3) is 3.02. The van der Waals surface area contributed by atoms with Gasteiger partial charge >= 0.3 is 5.97 Å². The monoisotopic (exact) mass is 238 g/mol. The number of likely N-dealkylation sites (N-methyl/N-ethyl adjacent to an activating group) is 1. The fourth-order valence-electron chi connectivity index (χ4n) is 1.57. The number of hydrogen-bond donors (Lipinski definition) is 1. The zero-order chi connectivity index (χ0) is 12.4. The molecule has 1 amide bonds. The zero-order valence-corrected chi connectivity index (χ0v) is 9.54. The second kappa shape index (κ2) is 4.52. The van der Waals surface area contributed by atoms with Gasteiger partial charge in [-0.25, -0.2) is 4.68 Å². The molecule has 0 aromatic carbocycles. The van der Waals surface area contributed by atoms with Gasteiger partial charge in [-0.15, -0.1) is 5.10 Å². The first-order valence-corrected chi connectivity index (χ1v) is 5.42.